The molecule has 27 heavy (non-hydrogen) atoms. The number of hydrogen-bond acceptors (Lipinski definition) is 7. The molecule has 0 aliphatic carbocycles. The molecule has 1 aromatic carbocycles. The second-order valence-corrected chi connectivity index (χ2v) is 6.45. The van der Waals surface area contributed by atoms with Crippen LogP contribution in [-0.4, -0.2) is 49.3 Å². The normalized spacial score (nSPS) is 10.1. The van der Waals surface area contributed by atoms with Gasteiger partial charge in [-0.2, -0.15) is 5.26 Å². The lowest BCUT2D eigenvalue weighted by Gasteiger charge is -2.22. The van der Waals surface area contributed by atoms with E-state index in [1.807, 2.05) is 6.07 Å². The number of esters is 1. The number of nitriles is 1. The molecule has 0 fully saturated rings. The average molecular weight is 388 g/mol. The summed E-state index contributed by atoms with van der Waals surface area (Å²) < 4.78 is 9.70. The van der Waals surface area contributed by atoms with Crippen LogP contribution in [0.3, 0.4) is 0 Å². The Balaban J connectivity index is 2.10. The number of urea groups is 1. The lowest BCUT2D eigenvalue weighted by Crippen LogP contribution is -2.35. The maximum atomic E-state index is 12.7. The van der Waals surface area contributed by atoms with Gasteiger partial charge in [-0.25, -0.2) is 14.6 Å². The van der Waals surface area contributed by atoms with E-state index in [0.29, 0.717) is 35.8 Å². The molecular weight excluding hydrogens is 368 g/mol. The minimum atomic E-state index is -0.513. The molecule has 8 nitrogen and oxygen atoms in total. The molecule has 2 rings (SSSR count). The smallest absolute Gasteiger partial charge is 0.357 e. The van der Waals surface area contributed by atoms with E-state index in [9.17, 15) is 9.59 Å². The summed E-state index contributed by atoms with van der Waals surface area (Å²) in [7, 11) is 2.89. The van der Waals surface area contributed by atoms with Gasteiger partial charge in [-0.05, 0) is 24.6 Å². The molecule has 1 heterocycles. The second kappa shape index (κ2) is 10.3. The Hall–Kier alpha value is -2.96. The van der Waals surface area contributed by atoms with Gasteiger partial charge in [0, 0.05) is 31.3 Å². The Morgan fingerprint density at radius 1 is 1.37 bits per heavy atom. The molecule has 0 radical (unpaired) electrons. The van der Waals surface area contributed by atoms with Gasteiger partial charge in [0.15, 0.2) is 5.69 Å². The van der Waals surface area contributed by atoms with Crippen molar-refractivity contribution in [2.45, 2.75) is 13.0 Å². The molecule has 0 atom stereocenters. The number of carbonyl (C=O) groups is 2. The van der Waals surface area contributed by atoms with Gasteiger partial charge < -0.3 is 19.7 Å². The number of aromatic nitrogens is 1. The van der Waals surface area contributed by atoms with Crippen molar-refractivity contribution in [2.24, 2.45) is 0 Å². The summed E-state index contributed by atoms with van der Waals surface area (Å²) >= 11 is 1.28. The van der Waals surface area contributed by atoms with Crippen LogP contribution in [0.25, 0.3) is 0 Å². The Labute approximate surface area is 161 Å². The quantitative estimate of drug-likeness (QED) is 0.551. The largest absolute Gasteiger partial charge is 0.464 e. The third-order valence-electron chi connectivity index (χ3n) is 3.58. The number of methoxy groups -OCH3 is 2. The first-order chi connectivity index (χ1) is 13.1. The highest BCUT2D eigenvalue weighted by molar-refractivity contribution is 7.09. The fourth-order valence-electron chi connectivity index (χ4n) is 2.27. The van der Waals surface area contributed by atoms with Gasteiger partial charge >= 0.3 is 12.0 Å². The van der Waals surface area contributed by atoms with Crippen molar-refractivity contribution < 1.29 is 19.1 Å². The van der Waals surface area contributed by atoms with Gasteiger partial charge in [-0.1, -0.05) is 6.07 Å². The van der Waals surface area contributed by atoms with Crippen molar-refractivity contribution in [3.05, 3.63) is 45.9 Å². The number of amides is 2. The summed E-state index contributed by atoms with van der Waals surface area (Å²) in [6, 6.07) is 8.39. The highest BCUT2D eigenvalue weighted by Crippen LogP contribution is 2.16. The first-order valence-corrected chi connectivity index (χ1v) is 9.03. The van der Waals surface area contributed by atoms with Crippen LogP contribution in [0.4, 0.5) is 10.5 Å². The summed E-state index contributed by atoms with van der Waals surface area (Å²) in [5.74, 6) is -0.513. The summed E-state index contributed by atoms with van der Waals surface area (Å²) in [6.45, 7) is 1.21. The van der Waals surface area contributed by atoms with Crippen LogP contribution in [0.15, 0.2) is 29.6 Å². The first kappa shape index (κ1) is 20.4. The molecule has 1 aromatic heterocycles. The standard InChI is InChI=1S/C18H20N4O4S/c1-25-8-4-7-22(11-16-21-15(12-27-16)17(23)26-2)18(24)20-14-6-3-5-13(9-14)10-19/h3,5-6,9,12H,4,7-8,11H2,1-2H3,(H,20,24). The molecule has 0 aliphatic heterocycles. The zero-order valence-corrected chi connectivity index (χ0v) is 15.9. The summed E-state index contributed by atoms with van der Waals surface area (Å²) in [5, 5.41) is 14.0. The number of nitrogens with zero attached hydrogens (tertiary/aromatic N) is 3. The SMILES string of the molecule is COCCCN(Cc1nc(C(=O)OC)cs1)C(=O)Nc1cccc(C#N)c1. The van der Waals surface area contributed by atoms with E-state index in [0.717, 1.165) is 0 Å². The van der Waals surface area contributed by atoms with Crippen molar-refractivity contribution in [1.29, 1.82) is 5.26 Å². The molecular formula is C18H20N4O4S. The van der Waals surface area contributed by atoms with Crippen LogP contribution in [0, 0.1) is 11.3 Å². The van der Waals surface area contributed by atoms with Gasteiger partial charge in [-0.15, -0.1) is 11.3 Å². The Morgan fingerprint density at radius 3 is 2.89 bits per heavy atom. The van der Waals surface area contributed by atoms with Crippen LogP contribution < -0.4 is 5.32 Å². The van der Waals surface area contributed by atoms with E-state index >= 15 is 0 Å². The zero-order valence-electron chi connectivity index (χ0n) is 15.1. The van der Waals surface area contributed by atoms with Gasteiger partial charge in [-0.3, -0.25) is 0 Å². The van der Waals surface area contributed by atoms with E-state index < -0.39 is 5.97 Å². The van der Waals surface area contributed by atoms with Crippen molar-refractivity contribution in [3.63, 3.8) is 0 Å². The van der Waals surface area contributed by atoms with Crippen LogP contribution in [0.2, 0.25) is 0 Å². The Bertz CT molecular complexity index is 831. The summed E-state index contributed by atoms with van der Waals surface area (Å²) in [4.78, 5) is 30.0. The highest BCUT2D eigenvalue weighted by atomic mass is 32.1. The number of ether oxygens (including phenoxy) is 2. The molecule has 0 aliphatic rings. The highest BCUT2D eigenvalue weighted by Gasteiger charge is 2.18. The third-order valence-corrected chi connectivity index (χ3v) is 4.41. The van der Waals surface area contributed by atoms with Crippen molar-refractivity contribution in [2.75, 3.05) is 32.7 Å². The number of hydrogen-bond donors (Lipinski definition) is 1. The van der Waals surface area contributed by atoms with Gasteiger partial charge in [0.25, 0.3) is 0 Å². The van der Waals surface area contributed by atoms with Crippen molar-refractivity contribution in [3.8, 4) is 6.07 Å². The molecule has 0 unspecified atom stereocenters. The van der Waals surface area contributed by atoms with Crippen molar-refractivity contribution >= 4 is 29.0 Å². The lowest BCUT2D eigenvalue weighted by atomic mass is 10.2. The molecule has 0 bridgehead atoms. The van der Waals surface area contributed by atoms with Crippen molar-refractivity contribution in [1.82, 2.24) is 9.88 Å². The maximum absolute atomic E-state index is 12.7. The summed E-state index contributed by atoms with van der Waals surface area (Å²) in [5.41, 5.74) is 1.21. The van der Waals surface area contributed by atoms with Crippen LogP contribution >= 0.6 is 11.3 Å². The molecule has 1 N–H and O–H groups in total. The molecule has 2 amide bonds. The molecule has 0 saturated heterocycles. The number of benzene rings is 1. The Morgan fingerprint density at radius 2 is 2.19 bits per heavy atom. The Kier molecular flexibility index (Phi) is 7.73. The first-order valence-electron chi connectivity index (χ1n) is 8.15. The van der Waals surface area contributed by atoms with Gasteiger partial charge in [0.05, 0.1) is 25.3 Å². The zero-order chi connectivity index (χ0) is 19.6. The molecule has 9 heteroatoms. The molecule has 2 aromatic rings. The van der Waals surface area contributed by atoms with Gasteiger partial charge in [0.1, 0.15) is 5.01 Å². The molecule has 0 saturated carbocycles. The monoisotopic (exact) mass is 388 g/mol. The van der Waals surface area contributed by atoms with Crippen LogP contribution in [-0.2, 0) is 16.0 Å². The number of thiazole rings is 1. The topological polar surface area (TPSA) is 105 Å². The predicted octanol–water partition coefficient (Wildman–Crippen LogP) is 2.87. The van der Waals surface area contributed by atoms with Crippen LogP contribution in [0.5, 0.6) is 0 Å². The van der Waals surface area contributed by atoms with E-state index in [1.54, 1.807) is 41.7 Å². The minimum absolute atomic E-state index is 0.219. The van der Waals surface area contributed by atoms with E-state index in [1.165, 1.54) is 18.4 Å². The van der Waals surface area contributed by atoms with Crippen LogP contribution in [0.1, 0.15) is 27.5 Å². The molecule has 142 valence electrons. The number of rotatable bonds is 8. The van der Waals surface area contributed by atoms with Gasteiger partial charge in [0.2, 0.25) is 0 Å². The number of anilines is 1. The van der Waals surface area contributed by atoms with E-state index in [4.69, 9.17) is 10.00 Å². The third kappa shape index (κ3) is 6.06. The minimum Gasteiger partial charge on any atom is -0.464 e. The molecule has 0 spiro atoms. The average Bonchev–Trinajstić information content (AvgIpc) is 3.15. The fraction of sp³-hybridized carbons (Fsp3) is 0.333. The fourth-order valence-corrected chi connectivity index (χ4v) is 3.04. The lowest BCUT2D eigenvalue weighted by molar-refractivity contribution is 0.0594. The predicted molar refractivity (Wildman–Crippen MR) is 101 cm³/mol. The summed E-state index contributed by atoms with van der Waals surface area (Å²) in [6.07, 6.45) is 0.650. The number of nitrogens with one attached hydrogen (secondary N) is 1. The van der Waals surface area contributed by atoms with E-state index in [-0.39, 0.29) is 18.3 Å². The van der Waals surface area contributed by atoms with E-state index in [2.05, 4.69) is 15.0 Å². The second-order valence-electron chi connectivity index (χ2n) is 5.51. The number of carbonyl (C=O) groups excluding carboxylic acids is 2. The maximum Gasteiger partial charge on any atom is 0.357 e.